The first-order valence-corrected chi connectivity index (χ1v) is 21.2. The molecule has 1 aliphatic carbocycles. The number of ether oxygens (including phenoxy) is 2. The maximum atomic E-state index is 13.9. The van der Waals surface area contributed by atoms with E-state index in [0.717, 1.165) is 78.7 Å². The summed E-state index contributed by atoms with van der Waals surface area (Å²) in [7, 11) is 0. The number of nitrogens with zero attached hydrogens (tertiary/aromatic N) is 7. The number of aliphatic hydroxyl groups is 1. The van der Waals surface area contributed by atoms with Gasteiger partial charge in [-0.05, 0) is 101 Å². The zero-order valence-electron chi connectivity index (χ0n) is 35.4. The van der Waals surface area contributed by atoms with Gasteiger partial charge in [-0.15, -0.1) is 10.2 Å². The van der Waals surface area contributed by atoms with Crippen molar-refractivity contribution in [1.82, 2.24) is 34.6 Å². The van der Waals surface area contributed by atoms with Gasteiger partial charge in [-0.2, -0.15) is 5.10 Å². The van der Waals surface area contributed by atoms with Crippen molar-refractivity contribution in [3.05, 3.63) is 89.2 Å². The maximum Gasteiger partial charge on any atom is 0.320 e. The minimum atomic E-state index is -0.323. The van der Waals surface area contributed by atoms with Gasteiger partial charge in [0, 0.05) is 41.7 Å². The lowest BCUT2D eigenvalue weighted by molar-refractivity contribution is -0.122. The van der Waals surface area contributed by atoms with Crippen molar-refractivity contribution in [3.63, 3.8) is 0 Å². The molecule has 0 spiro atoms. The molecule has 2 aromatic carbocycles. The fourth-order valence-corrected chi connectivity index (χ4v) is 8.68. The Morgan fingerprint density at radius 3 is 2.38 bits per heavy atom. The topological polar surface area (TPSA) is 172 Å². The smallest absolute Gasteiger partial charge is 0.320 e. The number of aliphatic hydroxyl groups excluding tert-OH is 1. The number of piperidine rings is 1. The third kappa shape index (κ3) is 9.52. The number of fused-ring (bicyclic) bond motifs is 2. The van der Waals surface area contributed by atoms with Crippen LogP contribution in [0.25, 0.3) is 11.3 Å². The SMILES string of the molecule is C[C@@H]1CCC[C@H](C)N1c1nnc2ccc(O[C@@H]3CC[C@H](NC(=O)Nc4cc(C(C)(C)C)nn4-c4ccc(CO)c(OCCN5CCCC5)c4)c4ccccc43)cn12.O=CO. The molecule has 4 atom stereocenters. The zero-order valence-corrected chi connectivity index (χ0v) is 35.4. The number of carbonyl (C=O) groups is 2. The van der Waals surface area contributed by atoms with E-state index in [1.54, 1.807) is 4.68 Å². The van der Waals surface area contributed by atoms with E-state index in [0.29, 0.717) is 42.2 Å². The Balaban J connectivity index is 0.00000176. The summed E-state index contributed by atoms with van der Waals surface area (Å²) < 4.78 is 16.7. The molecule has 2 amide bonds. The van der Waals surface area contributed by atoms with Crippen LogP contribution in [-0.2, 0) is 16.8 Å². The van der Waals surface area contributed by atoms with Gasteiger partial charge in [-0.1, -0.05) is 51.1 Å². The monoisotopic (exact) mass is 821 g/mol. The van der Waals surface area contributed by atoms with Crippen LogP contribution >= 0.6 is 0 Å². The molecule has 15 heteroatoms. The maximum absolute atomic E-state index is 13.9. The van der Waals surface area contributed by atoms with Gasteiger partial charge in [0.2, 0.25) is 5.95 Å². The summed E-state index contributed by atoms with van der Waals surface area (Å²) in [4.78, 5) is 27.0. The van der Waals surface area contributed by atoms with Crippen molar-refractivity contribution in [2.24, 2.45) is 0 Å². The summed E-state index contributed by atoms with van der Waals surface area (Å²) in [5, 5.41) is 37.4. The number of urea groups is 1. The number of likely N-dealkylation sites (tertiary alicyclic amines) is 1. The molecule has 3 aromatic heterocycles. The molecule has 2 fully saturated rings. The highest BCUT2D eigenvalue weighted by molar-refractivity contribution is 5.89. The predicted molar refractivity (Wildman–Crippen MR) is 230 cm³/mol. The number of pyridine rings is 1. The Morgan fingerprint density at radius 1 is 0.933 bits per heavy atom. The van der Waals surface area contributed by atoms with Crippen LogP contribution in [0.15, 0.2) is 66.9 Å². The van der Waals surface area contributed by atoms with Gasteiger partial charge in [0.1, 0.15) is 30.0 Å². The predicted octanol–water partition coefficient (Wildman–Crippen LogP) is 7.42. The van der Waals surface area contributed by atoms with Gasteiger partial charge < -0.3 is 29.9 Å². The van der Waals surface area contributed by atoms with Crippen molar-refractivity contribution in [2.75, 3.05) is 36.5 Å². The lowest BCUT2D eigenvalue weighted by atomic mass is 9.85. The Morgan fingerprint density at radius 2 is 1.67 bits per heavy atom. The minimum Gasteiger partial charge on any atom is -0.492 e. The number of amides is 2. The molecule has 3 aliphatic rings. The fraction of sp³-hybridized carbons (Fsp3) is 0.489. The Hall–Kier alpha value is -5.67. The van der Waals surface area contributed by atoms with E-state index in [2.05, 4.69) is 81.8 Å². The number of anilines is 2. The first-order valence-electron chi connectivity index (χ1n) is 21.2. The quantitative estimate of drug-likeness (QED) is 0.0978. The molecule has 2 aliphatic heterocycles. The average Bonchev–Trinajstić information content (AvgIpc) is 4.00. The van der Waals surface area contributed by atoms with Crippen LogP contribution in [0.1, 0.15) is 114 Å². The third-order valence-corrected chi connectivity index (χ3v) is 11.8. The number of aromatic nitrogens is 5. The second-order valence-corrected chi connectivity index (χ2v) is 17.1. The molecule has 0 bridgehead atoms. The Labute approximate surface area is 351 Å². The highest BCUT2D eigenvalue weighted by atomic mass is 16.5. The number of benzene rings is 2. The fourth-order valence-electron chi connectivity index (χ4n) is 8.68. The van der Waals surface area contributed by atoms with Gasteiger partial charge in [0.25, 0.3) is 6.47 Å². The number of hydrogen-bond acceptors (Lipinski definition) is 10. The molecule has 320 valence electrons. The molecule has 0 radical (unpaired) electrons. The van der Waals surface area contributed by atoms with Crippen LogP contribution in [0, 0.1) is 0 Å². The van der Waals surface area contributed by atoms with Gasteiger partial charge in [0.15, 0.2) is 5.65 Å². The van der Waals surface area contributed by atoms with Gasteiger partial charge >= 0.3 is 6.03 Å². The van der Waals surface area contributed by atoms with Crippen molar-refractivity contribution in [3.8, 4) is 17.2 Å². The minimum absolute atomic E-state index is 0.135. The van der Waals surface area contributed by atoms with E-state index in [1.165, 1.54) is 19.3 Å². The van der Waals surface area contributed by atoms with E-state index in [-0.39, 0.29) is 36.7 Å². The lowest BCUT2D eigenvalue weighted by Crippen LogP contribution is -2.44. The first kappa shape index (κ1) is 42.5. The van der Waals surface area contributed by atoms with E-state index >= 15 is 0 Å². The molecule has 5 aromatic rings. The van der Waals surface area contributed by atoms with Crippen molar-refractivity contribution in [1.29, 1.82) is 0 Å². The summed E-state index contributed by atoms with van der Waals surface area (Å²) in [5.74, 6) is 2.76. The van der Waals surface area contributed by atoms with E-state index in [9.17, 15) is 9.90 Å². The summed E-state index contributed by atoms with van der Waals surface area (Å²) in [6.45, 7) is 14.0. The molecular weight excluding hydrogens is 763 g/mol. The number of rotatable bonds is 11. The first-order chi connectivity index (χ1) is 29.0. The molecule has 5 heterocycles. The van der Waals surface area contributed by atoms with Gasteiger partial charge in [0.05, 0.1) is 30.2 Å². The highest BCUT2D eigenvalue weighted by Gasteiger charge is 2.32. The second kappa shape index (κ2) is 18.7. The Kier molecular flexibility index (Phi) is 13.2. The van der Waals surface area contributed by atoms with Crippen molar-refractivity contribution >= 4 is 29.9 Å². The van der Waals surface area contributed by atoms with Crippen LogP contribution in [0.4, 0.5) is 16.6 Å². The largest absolute Gasteiger partial charge is 0.492 e. The second-order valence-electron chi connectivity index (χ2n) is 17.1. The molecule has 0 saturated carbocycles. The summed E-state index contributed by atoms with van der Waals surface area (Å²) in [6, 6.07) is 20.0. The van der Waals surface area contributed by atoms with Crippen LogP contribution in [0.5, 0.6) is 11.5 Å². The van der Waals surface area contributed by atoms with E-state index in [1.807, 2.05) is 54.7 Å². The van der Waals surface area contributed by atoms with Gasteiger partial charge in [-0.3, -0.25) is 19.4 Å². The lowest BCUT2D eigenvalue weighted by Gasteiger charge is -2.39. The van der Waals surface area contributed by atoms with Crippen molar-refractivity contribution in [2.45, 2.75) is 116 Å². The number of carbonyl (C=O) groups excluding carboxylic acids is 1. The highest BCUT2D eigenvalue weighted by Crippen LogP contribution is 2.39. The van der Waals surface area contributed by atoms with Crippen LogP contribution in [-0.4, -0.2) is 90.3 Å². The molecule has 4 N–H and O–H groups in total. The standard InChI is InChI=1S/C44H57N9O4.CH2O2/c1-29-11-10-12-30(2)52(29)43-48-47-40-20-17-33(27-51(40)43)57-37-19-18-36(34-13-6-7-14-35(34)37)45-42(55)46-41-26-39(44(3,4)5)49-53(41)32-16-15-31(28-54)38(25-32)56-24-23-50-21-8-9-22-50;2-1-3/h6-7,13-17,20,25-27,29-30,36-37,54H,8-12,18-19,21-24,28H2,1-5H3,(H2,45,46,55);1H,(H,2,3)/t29-,30+,36-,37+;/m0./s1. The third-order valence-electron chi connectivity index (χ3n) is 11.8. The summed E-state index contributed by atoms with van der Waals surface area (Å²) >= 11 is 0. The normalized spacial score (nSPS) is 20.5. The molecule has 0 unspecified atom stereocenters. The summed E-state index contributed by atoms with van der Waals surface area (Å²) in [6.07, 6.45) is 9.19. The molecule has 15 nitrogen and oxygen atoms in total. The van der Waals surface area contributed by atoms with Crippen LogP contribution in [0.2, 0.25) is 0 Å². The van der Waals surface area contributed by atoms with Crippen LogP contribution in [0.3, 0.4) is 0 Å². The zero-order chi connectivity index (χ0) is 42.4. The van der Waals surface area contributed by atoms with E-state index < -0.39 is 0 Å². The van der Waals surface area contributed by atoms with E-state index in [4.69, 9.17) is 24.5 Å². The number of carboxylic acid groups (broad SMARTS) is 1. The Bertz CT molecular complexity index is 2230. The number of hydrogen-bond donors (Lipinski definition) is 4. The molecule has 2 saturated heterocycles. The average molecular weight is 822 g/mol. The molecule has 8 rings (SSSR count). The number of nitrogens with one attached hydrogen (secondary N) is 2. The summed E-state index contributed by atoms with van der Waals surface area (Å²) in [5.41, 5.74) is 4.89. The van der Waals surface area contributed by atoms with Gasteiger partial charge in [-0.25, -0.2) is 9.48 Å². The van der Waals surface area contributed by atoms with Crippen LogP contribution < -0.4 is 25.0 Å². The van der Waals surface area contributed by atoms with Crippen molar-refractivity contribution < 1.29 is 29.3 Å². The molecular formula is C45H59N9O6. The molecule has 60 heavy (non-hydrogen) atoms.